The highest BCUT2D eigenvalue weighted by Gasteiger charge is 2.18. The van der Waals surface area contributed by atoms with E-state index in [-0.39, 0.29) is 6.04 Å². The van der Waals surface area contributed by atoms with Crippen molar-refractivity contribution < 1.29 is 0 Å². The summed E-state index contributed by atoms with van der Waals surface area (Å²) in [4.78, 5) is 0. The van der Waals surface area contributed by atoms with Crippen LogP contribution in [0.25, 0.3) is 6.08 Å². The first kappa shape index (κ1) is 17.4. The number of anilines is 1. The van der Waals surface area contributed by atoms with Gasteiger partial charge in [0.1, 0.15) is 0 Å². The van der Waals surface area contributed by atoms with Crippen molar-refractivity contribution in [3.63, 3.8) is 0 Å². The van der Waals surface area contributed by atoms with Crippen molar-refractivity contribution in [3.8, 4) is 11.8 Å². The fraction of sp³-hybridized carbons (Fsp3) is 0.500. The van der Waals surface area contributed by atoms with E-state index >= 15 is 0 Å². The third kappa shape index (κ3) is 4.67. The summed E-state index contributed by atoms with van der Waals surface area (Å²) >= 11 is 0. The standard InChI is InChI=1S/C20H29N/c1-7-11-17(9-3)19(12-8-2)21-20-14-15(5)18(10-4)13-16(20)6/h10,13-14,17,19,21H,4,7,9,11H2,1-3,5-6H3. The molecule has 1 N–H and O–H groups in total. The maximum absolute atomic E-state index is 3.88. The van der Waals surface area contributed by atoms with Gasteiger partial charge >= 0.3 is 0 Å². The predicted octanol–water partition coefficient (Wildman–Crippen LogP) is 5.58. The summed E-state index contributed by atoms with van der Waals surface area (Å²) in [6, 6.07) is 4.64. The Labute approximate surface area is 130 Å². The molecule has 0 aliphatic rings. The predicted molar refractivity (Wildman–Crippen MR) is 95.6 cm³/mol. The molecule has 0 aliphatic heterocycles. The highest BCUT2D eigenvalue weighted by Crippen LogP contribution is 2.25. The van der Waals surface area contributed by atoms with Gasteiger partial charge in [-0.2, -0.15) is 0 Å². The maximum Gasteiger partial charge on any atom is 0.0905 e. The van der Waals surface area contributed by atoms with Crippen LogP contribution < -0.4 is 5.32 Å². The van der Waals surface area contributed by atoms with Gasteiger partial charge in [-0.05, 0) is 61.9 Å². The molecule has 1 nitrogen and oxygen atoms in total. The molecular formula is C20H29N. The van der Waals surface area contributed by atoms with Gasteiger partial charge in [-0.3, -0.25) is 0 Å². The summed E-state index contributed by atoms with van der Waals surface area (Å²) in [5.41, 5.74) is 4.91. The Kier molecular flexibility index (Phi) is 7.09. The lowest BCUT2D eigenvalue weighted by Crippen LogP contribution is -2.27. The van der Waals surface area contributed by atoms with Crippen molar-refractivity contribution in [2.45, 2.75) is 59.9 Å². The van der Waals surface area contributed by atoms with Crippen molar-refractivity contribution in [2.24, 2.45) is 5.92 Å². The lowest BCUT2D eigenvalue weighted by molar-refractivity contribution is 0.445. The highest BCUT2D eigenvalue weighted by atomic mass is 14.9. The molecule has 114 valence electrons. The first-order valence-electron chi connectivity index (χ1n) is 7.99. The van der Waals surface area contributed by atoms with Crippen LogP contribution in [0.4, 0.5) is 5.69 Å². The van der Waals surface area contributed by atoms with E-state index in [1.54, 1.807) is 0 Å². The minimum absolute atomic E-state index is 0.229. The van der Waals surface area contributed by atoms with E-state index in [9.17, 15) is 0 Å². The van der Waals surface area contributed by atoms with Gasteiger partial charge in [-0.25, -0.2) is 0 Å². The van der Waals surface area contributed by atoms with Crippen LogP contribution in [0.1, 0.15) is 56.7 Å². The molecular weight excluding hydrogens is 254 g/mol. The zero-order valence-corrected chi connectivity index (χ0v) is 14.2. The quantitative estimate of drug-likeness (QED) is 0.644. The van der Waals surface area contributed by atoms with E-state index in [4.69, 9.17) is 0 Å². The molecule has 0 heterocycles. The van der Waals surface area contributed by atoms with Crippen LogP contribution in [0.3, 0.4) is 0 Å². The topological polar surface area (TPSA) is 12.0 Å². The first-order chi connectivity index (χ1) is 10.1. The molecule has 1 aromatic rings. The Balaban J connectivity index is 3.05. The molecule has 0 fully saturated rings. The molecule has 1 rings (SSSR count). The molecule has 2 unspecified atom stereocenters. The molecule has 0 aromatic heterocycles. The molecule has 21 heavy (non-hydrogen) atoms. The molecule has 0 radical (unpaired) electrons. The monoisotopic (exact) mass is 283 g/mol. The zero-order valence-electron chi connectivity index (χ0n) is 14.2. The largest absolute Gasteiger partial charge is 0.371 e. The third-order valence-corrected chi connectivity index (χ3v) is 4.10. The van der Waals surface area contributed by atoms with E-state index in [0.29, 0.717) is 5.92 Å². The van der Waals surface area contributed by atoms with E-state index in [0.717, 1.165) is 6.42 Å². The average Bonchev–Trinajstić information content (AvgIpc) is 2.47. The van der Waals surface area contributed by atoms with E-state index in [2.05, 4.69) is 63.6 Å². The van der Waals surface area contributed by atoms with Crippen molar-refractivity contribution in [1.82, 2.24) is 0 Å². The fourth-order valence-corrected chi connectivity index (χ4v) is 2.79. The molecule has 0 amide bonds. The second-order valence-corrected chi connectivity index (χ2v) is 5.70. The normalized spacial score (nSPS) is 13.0. The van der Waals surface area contributed by atoms with E-state index in [1.807, 2.05) is 13.0 Å². The lowest BCUT2D eigenvalue weighted by atomic mass is 9.91. The highest BCUT2D eigenvalue weighted by molar-refractivity contribution is 5.63. The molecule has 0 saturated carbocycles. The number of hydrogen-bond donors (Lipinski definition) is 1. The van der Waals surface area contributed by atoms with Gasteiger partial charge in [0.15, 0.2) is 0 Å². The molecule has 0 aliphatic carbocycles. The Bertz CT molecular complexity index is 531. The summed E-state index contributed by atoms with van der Waals surface area (Å²) in [6.07, 6.45) is 5.49. The molecule has 1 heteroatoms. The van der Waals surface area contributed by atoms with Crippen molar-refractivity contribution >= 4 is 11.8 Å². The Morgan fingerprint density at radius 2 is 1.95 bits per heavy atom. The second kappa shape index (κ2) is 8.57. The van der Waals surface area contributed by atoms with Crippen LogP contribution in [-0.2, 0) is 0 Å². The Morgan fingerprint density at radius 1 is 1.24 bits per heavy atom. The summed E-state index contributed by atoms with van der Waals surface area (Å²) in [5.74, 6) is 7.05. The number of rotatable bonds is 7. The number of nitrogens with one attached hydrogen (secondary N) is 1. The van der Waals surface area contributed by atoms with Gasteiger partial charge in [0.25, 0.3) is 0 Å². The van der Waals surface area contributed by atoms with Crippen LogP contribution in [-0.4, -0.2) is 6.04 Å². The van der Waals surface area contributed by atoms with Gasteiger partial charge in [0, 0.05) is 5.69 Å². The van der Waals surface area contributed by atoms with Crippen molar-refractivity contribution in [3.05, 3.63) is 35.4 Å². The number of aryl methyl sites for hydroxylation is 2. The maximum atomic E-state index is 3.88. The van der Waals surface area contributed by atoms with Gasteiger partial charge in [0.2, 0.25) is 0 Å². The summed E-state index contributed by atoms with van der Waals surface area (Å²) < 4.78 is 0. The van der Waals surface area contributed by atoms with Crippen molar-refractivity contribution in [1.29, 1.82) is 0 Å². The third-order valence-electron chi connectivity index (χ3n) is 4.10. The molecule has 2 atom stereocenters. The smallest absolute Gasteiger partial charge is 0.0905 e. The van der Waals surface area contributed by atoms with Gasteiger partial charge in [-0.15, -0.1) is 5.92 Å². The van der Waals surface area contributed by atoms with Crippen molar-refractivity contribution in [2.75, 3.05) is 5.32 Å². The molecule has 0 bridgehead atoms. The molecule has 0 saturated heterocycles. The minimum Gasteiger partial charge on any atom is -0.371 e. The van der Waals surface area contributed by atoms with Crippen LogP contribution in [0.5, 0.6) is 0 Å². The average molecular weight is 283 g/mol. The van der Waals surface area contributed by atoms with Gasteiger partial charge in [-0.1, -0.05) is 45.3 Å². The molecule has 1 aromatic carbocycles. The van der Waals surface area contributed by atoms with Crippen LogP contribution in [0.15, 0.2) is 18.7 Å². The fourth-order valence-electron chi connectivity index (χ4n) is 2.79. The van der Waals surface area contributed by atoms with Crippen LogP contribution in [0, 0.1) is 31.6 Å². The minimum atomic E-state index is 0.229. The van der Waals surface area contributed by atoms with Gasteiger partial charge < -0.3 is 5.32 Å². The summed E-state index contributed by atoms with van der Waals surface area (Å²) in [5, 5.41) is 3.67. The Hall–Kier alpha value is -1.68. The van der Waals surface area contributed by atoms with E-state index < -0.39 is 0 Å². The second-order valence-electron chi connectivity index (χ2n) is 5.70. The Morgan fingerprint density at radius 3 is 2.48 bits per heavy atom. The lowest BCUT2D eigenvalue weighted by Gasteiger charge is -2.25. The first-order valence-corrected chi connectivity index (χ1v) is 7.99. The van der Waals surface area contributed by atoms with Crippen LogP contribution in [0.2, 0.25) is 0 Å². The zero-order chi connectivity index (χ0) is 15.8. The van der Waals surface area contributed by atoms with Gasteiger partial charge in [0.05, 0.1) is 6.04 Å². The summed E-state index contributed by atoms with van der Waals surface area (Å²) in [6.45, 7) is 14.6. The van der Waals surface area contributed by atoms with Crippen LogP contribution >= 0.6 is 0 Å². The molecule has 0 spiro atoms. The number of hydrogen-bond acceptors (Lipinski definition) is 1. The number of benzene rings is 1. The van der Waals surface area contributed by atoms with E-state index in [1.165, 1.54) is 35.2 Å². The summed E-state index contributed by atoms with van der Waals surface area (Å²) in [7, 11) is 0. The SMILES string of the molecule is C=Cc1cc(C)c(NC(C#CC)C(CC)CCC)cc1C.